The van der Waals surface area contributed by atoms with E-state index in [2.05, 4.69) is 5.10 Å². The number of hydrogen-bond donors (Lipinski definition) is 1. The highest BCUT2D eigenvalue weighted by Crippen LogP contribution is 2.40. The molecule has 0 aliphatic carbocycles. The molecule has 0 bridgehead atoms. The molecule has 124 valence electrons. The largest absolute Gasteiger partial charge is 0.481 e. The molecule has 2 aromatic carbocycles. The van der Waals surface area contributed by atoms with Crippen LogP contribution < -0.4 is 5.01 Å². The van der Waals surface area contributed by atoms with Crippen LogP contribution in [0.3, 0.4) is 0 Å². The molecular formula is C19H19FN2O2. The van der Waals surface area contributed by atoms with Crippen molar-refractivity contribution in [3.63, 3.8) is 0 Å². The quantitative estimate of drug-likeness (QED) is 0.924. The zero-order chi connectivity index (χ0) is 17.4. The number of halogens is 1. The molecule has 4 nitrogen and oxygen atoms in total. The molecule has 1 heterocycles. The fourth-order valence-electron chi connectivity index (χ4n) is 3.09. The molecule has 0 fully saturated rings. The Morgan fingerprint density at radius 1 is 1.12 bits per heavy atom. The number of rotatable bonds is 3. The molecule has 2 unspecified atom stereocenters. The van der Waals surface area contributed by atoms with Crippen LogP contribution in [-0.2, 0) is 4.79 Å². The third-order valence-electron chi connectivity index (χ3n) is 4.54. The van der Waals surface area contributed by atoms with Crippen LogP contribution in [0.15, 0.2) is 47.6 Å². The summed E-state index contributed by atoms with van der Waals surface area (Å²) < 4.78 is 14.4. The third-order valence-corrected chi connectivity index (χ3v) is 4.54. The van der Waals surface area contributed by atoms with E-state index in [1.54, 1.807) is 30.1 Å². The maximum Gasteiger partial charge on any atom is 0.314 e. The molecular weight excluding hydrogens is 307 g/mol. The first-order valence-electron chi connectivity index (χ1n) is 7.79. The number of aryl methyl sites for hydroxylation is 2. The van der Waals surface area contributed by atoms with Crippen molar-refractivity contribution < 1.29 is 14.3 Å². The summed E-state index contributed by atoms with van der Waals surface area (Å²) >= 11 is 0. The number of carboxylic acid groups (broad SMARTS) is 1. The molecule has 1 aliphatic rings. The first kappa shape index (κ1) is 16.2. The molecule has 2 aromatic rings. The van der Waals surface area contributed by atoms with Gasteiger partial charge in [0.15, 0.2) is 0 Å². The molecule has 0 amide bonds. The topological polar surface area (TPSA) is 52.9 Å². The Morgan fingerprint density at radius 3 is 2.46 bits per heavy atom. The second-order valence-electron chi connectivity index (χ2n) is 6.14. The van der Waals surface area contributed by atoms with Gasteiger partial charge >= 0.3 is 5.97 Å². The van der Waals surface area contributed by atoms with Gasteiger partial charge in [-0.3, -0.25) is 9.80 Å². The lowest BCUT2D eigenvalue weighted by atomic mass is 9.90. The Hall–Kier alpha value is -2.69. The predicted octanol–water partition coefficient (Wildman–Crippen LogP) is 4.08. The Labute approximate surface area is 140 Å². The van der Waals surface area contributed by atoms with Gasteiger partial charge in [0.2, 0.25) is 0 Å². The second-order valence-corrected chi connectivity index (χ2v) is 6.14. The van der Waals surface area contributed by atoms with Crippen molar-refractivity contribution in [3.8, 4) is 0 Å². The molecule has 3 rings (SSSR count). The molecule has 0 saturated carbocycles. The van der Waals surface area contributed by atoms with E-state index in [4.69, 9.17) is 0 Å². The molecule has 0 radical (unpaired) electrons. The standard InChI is InChI=1S/C19H19FN2O2/c1-11-8-9-14(10-12(11)2)22-18(15-6-4-5-7-16(15)20)17(19(23)24)13(3)21-22/h4-10,17-18H,1-3H3,(H,23,24). The van der Waals surface area contributed by atoms with Crippen LogP contribution in [0.2, 0.25) is 0 Å². The van der Waals surface area contributed by atoms with E-state index in [1.165, 1.54) is 6.07 Å². The Morgan fingerprint density at radius 2 is 1.83 bits per heavy atom. The summed E-state index contributed by atoms with van der Waals surface area (Å²) in [5.41, 5.74) is 3.77. The van der Waals surface area contributed by atoms with Crippen LogP contribution in [-0.4, -0.2) is 16.8 Å². The monoisotopic (exact) mass is 326 g/mol. The molecule has 0 spiro atoms. The molecule has 5 heteroatoms. The van der Waals surface area contributed by atoms with Crippen molar-refractivity contribution in [1.29, 1.82) is 0 Å². The molecule has 0 saturated heterocycles. The van der Waals surface area contributed by atoms with Gasteiger partial charge in [0.25, 0.3) is 0 Å². The fourth-order valence-corrected chi connectivity index (χ4v) is 3.09. The van der Waals surface area contributed by atoms with E-state index in [-0.39, 0.29) is 0 Å². The smallest absolute Gasteiger partial charge is 0.314 e. The lowest BCUT2D eigenvalue weighted by Crippen LogP contribution is -2.31. The van der Waals surface area contributed by atoms with E-state index < -0.39 is 23.7 Å². The SMILES string of the molecule is CC1=NN(c2ccc(C)c(C)c2)C(c2ccccc2F)C1C(=O)O. The van der Waals surface area contributed by atoms with E-state index >= 15 is 0 Å². The molecule has 1 aliphatic heterocycles. The van der Waals surface area contributed by atoms with Gasteiger partial charge in [-0.25, -0.2) is 4.39 Å². The van der Waals surface area contributed by atoms with E-state index in [0.29, 0.717) is 11.3 Å². The molecule has 24 heavy (non-hydrogen) atoms. The summed E-state index contributed by atoms with van der Waals surface area (Å²) in [6.45, 7) is 5.66. The number of anilines is 1. The zero-order valence-electron chi connectivity index (χ0n) is 13.8. The van der Waals surface area contributed by atoms with Crippen LogP contribution in [0, 0.1) is 25.6 Å². The van der Waals surface area contributed by atoms with Crippen LogP contribution in [0.25, 0.3) is 0 Å². The Bertz CT molecular complexity index is 832. The molecule has 1 N–H and O–H groups in total. The summed E-state index contributed by atoms with van der Waals surface area (Å²) in [4.78, 5) is 11.8. The van der Waals surface area contributed by atoms with Gasteiger partial charge in [-0.2, -0.15) is 5.10 Å². The van der Waals surface area contributed by atoms with Crippen molar-refractivity contribution >= 4 is 17.4 Å². The van der Waals surface area contributed by atoms with Crippen molar-refractivity contribution in [2.24, 2.45) is 11.0 Å². The predicted molar refractivity (Wildman–Crippen MR) is 91.8 cm³/mol. The minimum absolute atomic E-state index is 0.337. The number of benzene rings is 2. The highest BCUT2D eigenvalue weighted by molar-refractivity contribution is 6.03. The van der Waals surface area contributed by atoms with Crippen molar-refractivity contribution in [2.75, 3.05) is 5.01 Å². The minimum Gasteiger partial charge on any atom is -0.481 e. The summed E-state index contributed by atoms with van der Waals surface area (Å²) in [6.07, 6.45) is 0. The maximum absolute atomic E-state index is 14.4. The zero-order valence-corrected chi connectivity index (χ0v) is 13.8. The number of aliphatic carboxylic acids is 1. The number of hydrazone groups is 1. The van der Waals surface area contributed by atoms with Crippen LogP contribution in [0.5, 0.6) is 0 Å². The van der Waals surface area contributed by atoms with Crippen molar-refractivity contribution in [1.82, 2.24) is 0 Å². The van der Waals surface area contributed by atoms with Crippen molar-refractivity contribution in [3.05, 3.63) is 65.0 Å². The second kappa shape index (κ2) is 6.07. The van der Waals surface area contributed by atoms with Gasteiger partial charge < -0.3 is 5.11 Å². The third kappa shape index (κ3) is 2.66. The fraction of sp³-hybridized carbons (Fsp3) is 0.263. The number of carboxylic acids is 1. The lowest BCUT2D eigenvalue weighted by molar-refractivity contribution is -0.139. The van der Waals surface area contributed by atoms with Gasteiger partial charge in [0.05, 0.1) is 17.4 Å². The Kier molecular flexibility index (Phi) is 4.09. The first-order chi connectivity index (χ1) is 11.4. The van der Waals surface area contributed by atoms with Crippen LogP contribution in [0.4, 0.5) is 10.1 Å². The summed E-state index contributed by atoms with van der Waals surface area (Å²) in [6, 6.07) is 11.4. The summed E-state index contributed by atoms with van der Waals surface area (Å²) in [7, 11) is 0. The van der Waals surface area contributed by atoms with Gasteiger partial charge in [-0.05, 0) is 50.1 Å². The normalized spacial score (nSPS) is 20.2. The van der Waals surface area contributed by atoms with Crippen LogP contribution >= 0.6 is 0 Å². The molecule has 0 aromatic heterocycles. The lowest BCUT2D eigenvalue weighted by Gasteiger charge is -2.27. The average Bonchev–Trinajstić information content (AvgIpc) is 2.88. The van der Waals surface area contributed by atoms with E-state index in [1.807, 2.05) is 32.0 Å². The first-order valence-corrected chi connectivity index (χ1v) is 7.79. The number of nitrogens with zero attached hydrogens (tertiary/aromatic N) is 2. The highest BCUT2D eigenvalue weighted by Gasteiger charge is 2.43. The van der Waals surface area contributed by atoms with Gasteiger partial charge in [0.1, 0.15) is 11.7 Å². The van der Waals surface area contributed by atoms with Gasteiger partial charge in [-0.1, -0.05) is 24.3 Å². The minimum atomic E-state index is -1.00. The Balaban J connectivity index is 2.14. The summed E-state index contributed by atoms with van der Waals surface area (Å²) in [5.74, 6) is -2.31. The van der Waals surface area contributed by atoms with Crippen LogP contribution in [0.1, 0.15) is 29.7 Å². The average molecular weight is 326 g/mol. The van der Waals surface area contributed by atoms with Gasteiger partial charge in [-0.15, -0.1) is 0 Å². The van der Waals surface area contributed by atoms with E-state index in [9.17, 15) is 14.3 Å². The number of hydrogen-bond acceptors (Lipinski definition) is 3. The molecule has 2 atom stereocenters. The van der Waals surface area contributed by atoms with Crippen molar-refractivity contribution in [2.45, 2.75) is 26.8 Å². The highest BCUT2D eigenvalue weighted by atomic mass is 19.1. The van der Waals surface area contributed by atoms with E-state index in [0.717, 1.165) is 16.8 Å². The summed E-state index contributed by atoms with van der Waals surface area (Å²) in [5, 5.41) is 15.7. The number of carbonyl (C=O) groups is 1. The maximum atomic E-state index is 14.4. The van der Waals surface area contributed by atoms with Gasteiger partial charge in [0, 0.05) is 5.56 Å².